The molecular weight excluding hydrogens is 162 g/mol. The standard InChI is InChI=1S/C11H21NO/c1-11(5-2-3-6-11)12-8-10-4-7-13-9-10/h10,12H,2-9H2,1H3. The molecule has 76 valence electrons. The van der Waals surface area contributed by atoms with Crippen molar-refractivity contribution in [3.05, 3.63) is 0 Å². The Kier molecular flexibility index (Phi) is 2.89. The third-order valence-corrected chi connectivity index (χ3v) is 3.55. The van der Waals surface area contributed by atoms with Crippen molar-refractivity contribution in [3.8, 4) is 0 Å². The van der Waals surface area contributed by atoms with Crippen LogP contribution in [0, 0.1) is 5.92 Å². The monoisotopic (exact) mass is 183 g/mol. The highest BCUT2D eigenvalue weighted by Crippen LogP contribution is 2.29. The van der Waals surface area contributed by atoms with Crippen LogP contribution < -0.4 is 5.32 Å². The molecule has 1 unspecified atom stereocenters. The highest BCUT2D eigenvalue weighted by Gasteiger charge is 2.29. The molecule has 2 rings (SSSR count). The van der Waals surface area contributed by atoms with Crippen LogP contribution in [0.5, 0.6) is 0 Å². The van der Waals surface area contributed by atoms with Crippen molar-refractivity contribution >= 4 is 0 Å². The predicted octanol–water partition coefficient (Wildman–Crippen LogP) is 1.95. The van der Waals surface area contributed by atoms with Gasteiger partial charge in [-0.05, 0) is 32.1 Å². The van der Waals surface area contributed by atoms with Gasteiger partial charge in [-0.25, -0.2) is 0 Å². The third-order valence-electron chi connectivity index (χ3n) is 3.55. The summed E-state index contributed by atoms with van der Waals surface area (Å²) in [6, 6.07) is 0. The highest BCUT2D eigenvalue weighted by molar-refractivity contribution is 4.88. The smallest absolute Gasteiger partial charge is 0.0507 e. The lowest BCUT2D eigenvalue weighted by Gasteiger charge is -2.26. The minimum absolute atomic E-state index is 0.447. The maximum absolute atomic E-state index is 5.37. The number of nitrogens with one attached hydrogen (secondary N) is 1. The van der Waals surface area contributed by atoms with E-state index in [2.05, 4.69) is 12.2 Å². The van der Waals surface area contributed by atoms with E-state index < -0.39 is 0 Å². The van der Waals surface area contributed by atoms with Gasteiger partial charge >= 0.3 is 0 Å². The largest absolute Gasteiger partial charge is 0.381 e. The summed E-state index contributed by atoms with van der Waals surface area (Å²) in [6.07, 6.45) is 6.79. The lowest BCUT2D eigenvalue weighted by molar-refractivity contribution is 0.182. The molecule has 2 aliphatic rings. The van der Waals surface area contributed by atoms with E-state index in [4.69, 9.17) is 4.74 Å². The summed E-state index contributed by atoms with van der Waals surface area (Å²) < 4.78 is 5.37. The number of rotatable bonds is 3. The maximum atomic E-state index is 5.37. The molecule has 0 aromatic heterocycles. The minimum atomic E-state index is 0.447. The fourth-order valence-electron chi connectivity index (χ4n) is 2.47. The van der Waals surface area contributed by atoms with Gasteiger partial charge in [-0.1, -0.05) is 12.8 Å². The molecule has 0 spiro atoms. The average Bonchev–Trinajstić information content (AvgIpc) is 2.72. The van der Waals surface area contributed by atoms with Gasteiger partial charge in [0.15, 0.2) is 0 Å². The van der Waals surface area contributed by atoms with E-state index in [-0.39, 0.29) is 0 Å². The third kappa shape index (κ3) is 2.44. The molecule has 0 radical (unpaired) electrons. The molecule has 2 fully saturated rings. The molecule has 1 saturated carbocycles. The van der Waals surface area contributed by atoms with Gasteiger partial charge in [-0.15, -0.1) is 0 Å². The van der Waals surface area contributed by atoms with Gasteiger partial charge in [0.05, 0.1) is 6.61 Å². The first-order valence-electron chi connectivity index (χ1n) is 5.61. The van der Waals surface area contributed by atoms with E-state index in [1.807, 2.05) is 0 Å². The first kappa shape index (κ1) is 9.47. The Morgan fingerprint density at radius 2 is 2.15 bits per heavy atom. The van der Waals surface area contributed by atoms with Gasteiger partial charge in [-0.2, -0.15) is 0 Å². The van der Waals surface area contributed by atoms with Crippen LogP contribution in [-0.2, 0) is 4.74 Å². The Hall–Kier alpha value is -0.0800. The lowest BCUT2D eigenvalue weighted by Crippen LogP contribution is -2.42. The maximum Gasteiger partial charge on any atom is 0.0507 e. The lowest BCUT2D eigenvalue weighted by atomic mass is 9.99. The fourth-order valence-corrected chi connectivity index (χ4v) is 2.47. The topological polar surface area (TPSA) is 21.3 Å². The van der Waals surface area contributed by atoms with Crippen molar-refractivity contribution in [1.82, 2.24) is 5.32 Å². The summed E-state index contributed by atoms with van der Waals surface area (Å²) in [5.74, 6) is 0.775. The molecule has 0 amide bonds. The molecule has 1 heterocycles. The minimum Gasteiger partial charge on any atom is -0.381 e. The first-order valence-corrected chi connectivity index (χ1v) is 5.61. The van der Waals surface area contributed by atoms with Gasteiger partial charge in [0.2, 0.25) is 0 Å². The molecule has 1 N–H and O–H groups in total. The quantitative estimate of drug-likeness (QED) is 0.722. The van der Waals surface area contributed by atoms with E-state index in [0.717, 1.165) is 25.7 Å². The first-order chi connectivity index (χ1) is 6.29. The molecule has 13 heavy (non-hydrogen) atoms. The molecule has 0 bridgehead atoms. The molecule has 2 nitrogen and oxygen atoms in total. The molecule has 1 saturated heterocycles. The van der Waals surface area contributed by atoms with Crippen LogP contribution in [0.1, 0.15) is 39.0 Å². The van der Waals surface area contributed by atoms with E-state index in [9.17, 15) is 0 Å². The molecule has 0 aromatic rings. The van der Waals surface area contributed by atoms with Crippen LogP contribution in [0.2, 0.25) is 0 Å². The average molecular weight is 183 g/mol. The normalized spacial score (nSPS) is 32.5. The SMILES string of the molecule is CC1(NCC2CCOC2)CCCC1. The molecule has 1 aliphatic carbocycles. The summed E-state index contributed by atoms with van der Waals surface area (Å²) in [5.41, 5.74) is 0.447. The van der Waals surface area contributed by atoms with Gasteiger partial charge in [-0.3, -0.25) is 0 Å². The van der Waals surface area contributed by atoms with Crippen molar-refractivity contribution in [1.29, 1.82) is 0 Å². The van der Waals surface area contributed by atoms with E-state index in [1.54, 1.807) is 0 Å². The molecular formula is C11H21NO. The molecule has 0 aromatic carbocycles. The Labute approximate surface area is 81.0 Å². The van der Waals surface area contributed by atoms with E-state index in [1.165, 1.54) is 32.1 Å². The van der Waals surface area contributed by atoms with Crippen LogP contribution in [0.25, 0.3) is 0 Å². The van der Waals surface area contributed by atoms with Crippen molar-refractivity contribution < 1.29 is 4.74 Å². The van der Waals surface area contributed by atoms with Crippen LogP contribution in [-0.4, -0.2) is 25.3 Å². The second-order valence-corrected chi connectivity index (χ2v) is 4.88. The Balaban J connectivity index is 1.71. The number of hydrogen-bond donors (Lipinski definition) is 1. The molecule has 1 atom stereocenters. The van der Waals surface area contributed by atoms with Crippen LogP contribution in [0.4, 0.5) is 0 Å². The summed E-state index contributed by atoms with van der Waals surface area (Å²) in [7, 11) is 0. The van der Waals surface area contributed by atoms with Gasteiger partial charge in [0, 0.05) is 18.7 Å². The van der Waals surface area contributed by atoms with Crippen molar-refractivity contribution in [3.63, 3.8) is 0 Å². The second kappa shape index (κ2) is 3.97. The zero-order valence-corrected chi connectivity index (χ0v) is 8.64. The van der Waals surface area contributed by atoms with Gasteiger partial charge in [0.25, 0.3) is 0 Å². The van der Waals surface area contributed by atoms with Gasteiger partial charge in [0.1, 0.15) is 0 Å². The summed E-state index contributed by atoms with van der Waals surface area (Å²) in [4.78, 5) is 0. The number of ether oxygens (including phenoxy) is 1. The zero-order chi connectivity index (χ0) is 9.15. The fraction of sp³-hybridized carbons (Fsp3) is 1.00. The highest BCUT2D eigenvalue weighted by atomic mass is 16.5. The van der Waals surface area contributed by atoms with Crippen LogP contribution in [0.15, 0.2) is 0 Å². The van der Waals surface area contributed by atoms with Crippen molar-refractivity contribution in [2.24, 2.45) is 5.92 Å². The van der Waals surface area contributed by atoms with E-state index >= 15 is 0 Å². The second-order valence-electron chi connectivity index (χ2n) is 4.88. The zero-order valence-electron chi connectivity index (χ0n) is 8.64. The summed E-state index contributed by atoms with van der Waals surface area (Å²) in [6.45, 7) is 5.48. The summed E-state index contributed by atoms with van der Waals surface area (Å²) in [5, 5.41) is 3.72. The number of hydrogen-bond acceptors (Lipinski definition) is 2. The predicted molar refractivity (Wildman–Crippen MR) is 53.8 cm³/mol. The van der Waals surface area contributed by atoms with Crippen LogP contribution in [0.3, 0.4) is 0 Å². The molecule has 1 aliphatic heterocycles. The Bertz CT molecular complexity index is 157. The van der Waals surface area contributed by atoms with Crippen molar-refractivity contribution in [2.45, 2.75) is 44.6 Å². The van der Waals surface area contributed by atoms with Gasteiger partial charge < -0.3 is 10.1 Å². The summed E-state index contributed by atoms with van der Waals surface area (Å²) >= 11 is 0. The van der Waals surface area contributed by atoms with Crippen molar-refractivity contribution in [2.75, 3.05) is 19.8 Å². The van der Waals surface area contributed by atoms with E-state index in [0.29, 0.717) is 5.54 Å². The Morgan fingerprint density at radius 3 is 2.77 bits per heavy atom. The van der Waals surface area contributed by atoms with Crippen LogP contribution >= 0.6 is 0 Å². The molecule has 2 heteroatoms. The Morgan fingerprint density at radius 1 is 1.38 bits per heavy atom.